The van der Waals surface area contributed by atoms with E-state index >= 15 is 0 Å². The van der Waals surface area contributed by atoms with Crippen LogP contribution in [0.4, 0.5) is 17.6 Å². The van der Waals surface area contributed by atoms with E-state index in [1.54, 1.807) is 0 Å². The Kier molecular flexibility index (Phi) is 5.32. The van der Waals surface area contributed by atoms with Gasteiger partial charge in [-0.3, -0.25) is 9.59 Å². The monoisotopic (exact) mass is 372 g/mol. The van der Waals surface area contributed by atoms with Crippen LogP contribution in [0.3, 0.4) is 0 Å². The maximum absolute atomic E-state index is 13.6. The average molecular weight is 373 g/mol. The number of carbonyl (C=O) groups is 2. The van der Waals surface area contributed by atoms with Gasteiger partial charge in [-0.25, -0.2) is 4.39 Å². The molecule has 0 spiro atoms. The molecule has 21 heavy (non-hydrogen) atoms. The third-order valence-electron chi connectivity index (χ3n) is 2.55. The van der Waals surface area contributed by atoms with E-state index < -0.39 is 41.0 Å². The van der Waals surface area contributed by atoms with Crippen molar-refractivity contribution in [3.63, 3.8) is 0 Å². The zero-order chi connectivity index (χ0) is 16.4. The van der Waals surface area contributed by atoms with Crippen LogP contribution in [0.1, 0.15) is 17.0 Å². The minimum absolute atomic E-state index is 0.0687. The van der Waals surface area contributed by atoms with E-state index in [1.165, 1.54) is 0 Å². The first-order chi connectivity index (χ1) is 9.63. The van der Waals surface area contributed by atoms with Crippen LogP contribution in [-0.4, -0.2) is 26.2 Å². The Morgan fingerprint density at radius 1 is 1.14 bits per heavy atom. The molecule has 0 amide bonds. The van der Waals surface area contributed by atoms with Crippen LogP contribution in [0.5, 0.6) is 0 Å². The lowest BCUT2D eigenvalue weighted by atomic mass is 9.93. The topological polar surface area (TPSA) is 52.6 Å². The molecule has 0 unspecified atom stereocenters. The maximum atomic E-state index is 13.6. The van der Waals surface area contributed by atoms with Crippen molar-refractivity contribution < 1.29 is 36.6 Å². The van der Waals surface area contributed by atoms with Crippen LogP contribution in [0.15, 0.2) is 16.6 Å². The van der Waals surface area contributed by atoms with E-state index in [9.17, 15) is 27.2 Å². The van der Waals surface area contributed by atoms with Gasteiger partial charge in [0.05, 0.1) is 19.8 Å². The first-order valence-corrected chi connectivity index (χ1v) is 6.14. The van der Waals surface area contributed by atoms with E-state index in [4.69, 9.17) is 0 Å². The summed E-state index contributed by atoms with van der Waals surface area (Å²) >= 11 is 2.81. The number of hydrogen-bond acceptors (Lipinski definition) is 4. The highest BCUT2D eigenvalue weighted by atomic mass is 79.9. The van der Waals surface area contributed by atoms with Gasteiger partial charge in [0.2, 0.25) is 0 Å². The van der Waals surface area contributed by atoms with E-state index in [0.29, 0.717) is 6.07 Å². The SMILES string of the molecule is COC(=O)C(C(=O)OC)c1cc(Br)cc(F)c1C(F)(F)F. The maximum Gasteiger partial charge on any atom is 0.419 e. The summed E-state index contributed by atoms with van der Waals surface area (Å²) in [6.45, 7) is 0. The number of rotatable bonds is 3. The third-order valence-corrected chi connectivity index (χ3v) is 3.01. The summed E-state index contributed by atoms with van der Waals surface area (Å²) in [6.07, 6.45) is -5.10. The number of halogens is 5. The van der Waals surface area contributed by atoms with Crippen molar-refractivity contribution in [1.29, 1.82) is 0 Å². The van der Waals surface area contributed by atoms with Gasteiger partial charge in [0.25, 0.3) is 0 Å². The first-order valence-electron chi connectivity index (χ1n) is 5.35. The Bertz CT molecular complexity index is 555. The molecule has 116 valence electrons. The van der Waals surface area contributed by atoms with Crippen LogP contribution in [0.25, 0.3) is 0 Å². The minimum Gasteiger partial charge on any atom is -0.468 e. The van der Waals surface area contributed by atoms with E-state index in [0.717, 1.165) is 20.3 Å². The molecular formula is C12H9BrF4O4. The van der Waals surface area contributed by atoms with Gasteiger partial charge in [-0.05, 0) is 17.7 Å². The van der Waals surface area contributed by atoms with Gasteiger partial charge in [0.15, 0.2) is 5.92 Å². The Morgan fingerprint density at radius 3 is 2.00 bits per heavy atom. The number of benzene rings is 1. The lowest BCUT2D eigenvalue weighted by Gasteiger charge is -2.19. The smallest absolute Gasteiger partial charge is 0.419 e. The van der Waals surface area contributed by atoms with Gasteiger partial charge < -0.3 is 9.47 Å². The van der Waals surface area contributed by atoms with Crippen molar-refractivity contribution in [2.75, 3.05) is 14.2 Å². The molecule has 0 radical (unpaired) electrons. The van der Waals surface area contributed by atoms with Crippen LogP contribution in [-0.2, 0) is 25.2 Å². The quantitative estimate of drug-likeness (QED) is 0.465. The molecule has 0 bridgehead atoms. The summed E-state index contributed by atoms with van der Waals surface area (Å²) in [5.74, 6) is -6.23. The van der Waals surface area contributed by atoms with Gasteiger partial charge >= 0.3 is 18.1 Å². The number of alkyl halides is 3. The summed E-state index contributed by atoms with van der Waals surface area (Å²) in [5.41, 5.74) is -2.60. The Morgan fingerprint density at radius 2 is 1.62 bits per heavy atom. The molecule has 1 aromatic carbocycles. The first kappa shape index (κ1) is 17.4. The summed E-state index contributed by atoms with van der Waals surface area (Å²) in [6, 6.07) is 1.41. The second-order valence-corrected chi connectivity index (χ2v) is 4.74. The summed E-state index contributed by atoms with van der Waals surface area (Å²) in [4.78, 5) is 23.2. The van der Waals surface area contributed by atoms with E-state index in [2.05, 4.69) is 25.4 Å². The van der Waals surface area contributed by atoms with Crippen LogP contribution in [0.2, 0.25) is 0 Å². The molecule has 0 heterocycles. The van der Waals surface area contributed by atoms with E-state index in [1.807, 2.05) is 0 Å². The van der Waals surface area contributed by atoms with Gasteiger partial charge in [-0.15, -0.1) is 0 Å². The average Bonchev–Trinajstić information content (AvgIpc) is 2.35. The summed E-state index contributed by atoms with van der Waals surface area (Å²) < 4.78 is 61.1. The molecule has 0 saturated carbocycles. The van der Waals surface area contributed by atoms with Crippen LogP contribution in [0, 0.1) is 5.82 Å². The van der Waals surface area contributed by atoms with Crippen molar-refractivity contribution in [3.8, 4) is 0 Å². The van der Waals surface area contributed by atoms with Crippen LogP contribution >= 0.6 is 15.9 Å². The predicted octanol–water partition coefficient (Wildman–Crippen LogP) is 3.04. The Labute approximate surface area is 125 Å². The molecular weight excluding hydrogens is 364 g/mol. The normalized spacial score (nSPS) is 11.4. The Balaban J connectivity index is 3.64. The highest BCUT2D eigenvalue weighted by Crippen LogP contribution is 2.39. The largest absolute Gasteiger partial charge is 0.468 e. The van der Waals surface area contributed by atoms with Gasteiger partial charge in [0, 0.05) is 4.47 Å². The number of ether oxygens (including phenoxy) is 2. The predicted molar refractivity (Wildman–Crippen MR) is 65.9 cm³/mol. The highest BCUT2D eigenvalue weighted by molar-refractivity contribution is 9.10. The molecule has 9 heteroatoms. The Hall–Kier alpha value is -1.64. The lowest BCUT2D eigenvalue weighted by Crippen LogP contribution is -2.27. The van der Waals surface area contributed by atoms with Crippen LogP contribution < -0.4 is 0 Å². The molecule has 0 aliphatic rings. The van der Waals surface area contributed by atoms with Crippen molar-refractivity contribution in [2.24, 2.45) is 0 Å². The zero-order valence-electron chi connectivity index (χ0n) is 10.8. The molecule has 4 nitrogen and oxygen atoms in total. The molecule has 0 aromatic heterocycles. The number of hydrogen-bond donors (Lipinski definition) is 0. The molecule has 0 N–H and O–H groups in total. The fraction of sp³-hybridized carbons (Fsp3) is 0.333. The minimum atomic E-state index is -5.10. The molecule has 0 aliphatic heterocycles. The van der Waals surface area contributed by atoms with Crippen molar-refractivity contribution in [3.05, 3.63) is 33.5 Å². The van der Waals surface area contributed by atoms with Gasteiger partial charge in [-0.2, -0.15) is 13.2 Å². The summed E-state index contributed by atoms with van der Waals surface area (Å²) in [5, 5.41) is 0. The van der Waals surface area contributed by atoms with Crippen molar-refractivity contribution in [2.45, 2.75) is 12.1 Å². The van der Waals surface area contributed by atoms with E-state index in [-0.39, 0.29) is 4.47 Å². The van der Waals surface area contributed by atoms with Gasteiger partial charge in [0.1, 0.15) is 5.82 Å². The standard InChI is InChI=1S/C12H9BrF4O4/c1-20-10(18)8(11(19)21-2)6-3-5(13)4-7(14)9(6)12(15,16)17/h3-4,8H,1-2H3. The molecule has 0 fully saturated rings. The second kappa shape index (κ2) is 6.42. The fourth-order valence-corrected chi connectivity index (χ4v) is 2.15. The van der Waals surface area contributed by atoms with Crippen molar-refractivity contribution in [1.82, 2.24) is 0 Å². The molecule has 0 atom stereocenters. The summed E-state index contributed by atoms with van der Waals surface area (Å²) in [7, 11) is 1.78. The van der Waals surface area contributed by atoms with Gasteiger partial charge in [-0.1, -0.05) is 15.9 Å². The second-order valence-electron chi connectivity index (χ2n) is 3.83. The molecule has 1 aromatic rings. The van der Waals surface area contributed by atoms with Crippen molar-refractivity contribution >= 4 is 27.9 Å². The highest BCUT2D eigenvalue weighted by Gasteiger charge is 2.43. The lowest BCUT2D eigenvalue weighted by molar-refractivity contribution is -0.155. The number of carbonyl (C=O) groups excluding carboxylic acids is 2. The fourth-order valence-electron chi connectivity index (χ4n) is 1.71. The third kappa shape index (κ3) is 3.72. The molecule has 1 rings (SSSR count). The zero-order valence-corrected chi connectivity index (χ0v) is 12.3. The number of methoxy groups -OCH3 is 2. The molecule has 0 aliphatic carbocycles. The number of esters is 2. The molecule has 0 saturated heterocycles.